The number of anilines is 1. The van der Waals surface area contributed by atoms with Crippen LogP contribution in [-0.2, 0) is 4.79 Å². The van der Waals surface area contributed by atoms with Crippen molar-refractivity contribution in [3.05, 3.63) is 12.4 Å². The molecule has 0 saturated heterocycles. The highest BCUT2D eigenvalue weighted by Crippen LogP contribution is 2.44. The Morgan fingerprint density at radius 2 is 2.21 bits per heavy atom. The van der Waals surface area contributed by atoms with E-state index in [2.05, 4.69) is 10.4 Å². The molecule has 2 rings (SSSR count). The summed E-state index contributed by atoms with van der Waals surface area (Å²) in [7, 11) is 0. The summed E-state index contributed by atoms with van der Waals surface area (Å²) in [6.07, 6.45) is 3.17. The number of hydrogen-bond acceptors (Lipinski definition) is 3. The first-order valence-corrected chi connectivity index (χ1v) is 6.22. The van der Waals surface area contributed by atoms with Gasteiger partial charge in [0.2, 0.25) is 0 Å². The molecule has 0 aromatic carbocycles. The minimum absolute atomic E-state index is 0.0569. The van der Waals surface area contributed by atoms with E-state index in [0.29, 0.717) is 6.42 Å². The number of hydrogen-bond donors (Lipinski definition) is 2. The molecule has 0 unspecified atom stereocenters. The van der Waals surface area contributed by atoms with Gasteiger partial charge < -0.3 is 10.4 Å². The molecule has 19 heavy (non-hydrogen) atoms. The molecule has 5 nitrogen and oxygen atoms in total. The lowest BCUT2D eigenvalue weighted by atomic mass is 9.75. The van der Waals surface area contributed by atoms with Gasteiger partial charge in [-0.1, -0.05) is 0 Å². The van der Waals surface area contributed by atoms with Crippen LogP contribution in [-0.4, -0.2) is 32.3 Å². The normalized spacial score (nSPS) is 18.2. The van der Waals surface area contributed by atoms with E-state index < -0.39 is 17.4 Å². The Kier molecular flexibility index (Phi) is 3.34. The number of aliphatic hydroxyl groups is 1. The van der Waals surface area contributed by atoms with Gasteiger partial charge in [-0.2, -0.15) is 13.9 Å². The van der Waals surface area contributed by atoms with Gasteiger partial charge in [-0.15, -0.1) is 0 Å². The summed E-state index contributed by atoms with van der Waals surface area (Å²) < 4.78 is 29.2. The number of nitrogens with one attached hydrogen (secondary N) is 1. The van der Waals surface area contributed by atoms with Crippen LogP contribution in [0.1, 0.15) is 39.2 Å². The van der Waals surface area contributed by atoms with Crippen molar-refractivity contribution < 1.29 is 18.7 Å². The van der Waals surface area contributed by atoms with Crippen LogP contribution in [0.2, 0.25) is 0 Å². The van der Waals surface area contributed by atoms with E-state index >= 15 is 0 Å². The molecule has 0 radical (unpaired) electrons. The molecule has 0 aliphatic heterocycles. The molecule has 1 amide bonds. The Balaban J connectivity index is 2.07. The van der Waals surface area contributed by atoms with Crippen LogP contribution < -0.4 is 5.32 Å². The SMILES string of the molecule is CC(C)n1cc(NC(=O)C(F)(F)C2(O)CCC2)cn1. The van der Waals surface area contributed by atoms with Crippen molar-refractivity contribution in [2.24, 2.45) is 0 Å². The van der Waals surface area contributed by atoms with Gasteiger partial charge in [-0.25, -0.2) is 0 Å². The lowest BCUT2D eigenvalue weighted by Gasteiger charge is -2.41. The maximum absolute atomic E-state index is 13.8. The second-order valence-corrected chi connectivity index (χ2v) is 5.22. The summed E-state index contributed by atoms with van der Waals surface area (Å²) in [4.78, 5) is 11.6. The van der Waals surface area contributed by atoms with Gasteiger partial charge in [0.25, 0.3) is 5.91 Å². The van der Waals surface area contributed by atoms with Gasteiger partial charge in [-0.3, -0.25) is 9.48 Å². The molecule has 0 spiro atoms. The van der Waals surface area contributed by atoms with Gasteiger partial charge in [-0.05, 0) is 33.1 Å². The highest BCUT2D eigenvalue weighted by Gasteiger charge is 2.61. The van der Waals surface area contributed by atoms with E-state index in [4.69, 9.17) is 0 Å². The summed E-state index contributed by atoms with van der Waals surface area (Å²) in [6.45, 7) is 3.76. The molecule has 2 N–H and O–H groups in total. The van der Waals surface area contributed by atoms with Gasteiger partial charge in [0.1, 0.15) is 5.60 Å². The molecule has 106 valence electrons. The smallest absolute Gasteiger partial charge is 0.352 e. The summed E-state index contributed by atoms with van der Waals surface area (Å²) in [6, 6.07) is 0.0713. The van der Waals surface area contributed by atoms with Crippen LogP contribution in [0.5, 0.6) is 0 Å². The number of nitrogens with zero attached hydrogens (tertiary/aromatic N) is 2. The number of halogens is 2. The van der Waals surface area contributed by atoms with Crippen molar-refractivity contribution in [3.63, 3.8) is 0 Å². The predicted octanol–water partition coefficient (Wildman–Crippen LogP) is 1.95. The minimum Gasteiger partial charge on any atom is -0.383 e. The summed E-state index contributed by atoms with van der Waals surface area (Å²) in [5.41, 5.74) is -2.01. The average molecular weight is 273 g/mol. The second-order valence-electron chi connectivity index (χ2n) is 5.22. The largest absolute Gasteiger partial charge is 0.383 e. The topological polar surface area (TPSA) is 67.2 Å². The molecule has 1 heterocycles. The molecule has 1 aromatic rings. The highest BCUT2D eigenvalue weighted by atomic mass is 19.3. The number of alkyl halides is 2. The molecular weight excluding hydrogens is 256 g/mol. The first kappa shape index (κ1) is 13.9. The molecule has 1 saturated carbocycles. The zero-order chi connectivity index (χ0) is 14.3. The van der Waals surface area contributed by atoms with Crippen LogP contribution in [0.4, 0.5) is 14.5 Å². The molecular formula is C12H17F2N3O2. The number of amides is 1. The Morgan fingerprint density at radius 1 is 1.58 bits per heavy atom. The van der Waals surface area contributed by atoms with Crippen molar-refractivity contribution in [3.8, 4) is 0 Å². The Labute approximate surface area is 109 Å². The summed E-state index contributed by atoms with van der Waals surface area (Å²) >= 11 is 0. The lowest BCUT2D eigenvalue weighted by Crippen LogP contribution is -2.59. The predicted molar refractivity (Wildman–Crippen MR) is 65.0 cm³/mol. The van der Waals surface area contributed by atoms with E-state index in [1.807, 2.05) is 13.8 Å². The zero-order valence-electron chi connectivity index (χ0n) is 10.9. The van der Waals surface area contributed by atoms with Crippen molar-refractivity contribution in [2.45, 2.75) is 50.7 Å². The van der Waals surface area contributed by atoms with Crippen molar-refractivity contribution in [1.82, 2.24) is 9.78 Å². The van der Waals surface area contributed by atoms with Gasteiger partial charge >= 0.3 is 5.92 Å². The molecule has 7 heteroatoms. The number of carbonyl (C=O) groups excluding carboxylic acids is 1. The number of rotatable bonds is 4. The van der Waals surface area contributed by atoms with Crippen LogP contribution in [0.15, 0.2) is 12.4 Å². The third kappa shape index (κ3) is 2.34. The van der Waals surface area contributed by atoms with Gasteiger partial charge in [0, 0.05) is 12.2 Å². The molecule has 1 fully saturated rings. The first-order chi connectivity index (χ1) is 8.76. The summed E-state index contributed by atoms with van der Waals surface area (Å²) in [5.74, 6) is -5.27. The van der Waals surface area contributed by atoms with Gasteiger partial charge in [0.05, 0.1) is 11.9 Å². The van der Waals surface area contributed by atoms with Crippen LogP contribution in [0.25, 0.3) is 0 Å². The Morgan fingerprint density at radius 3 is 2.63 bits per heavy atom. The average Bonchev–Trinajstić information content (AvgIpc) is 2.74. The third-order valence-corrected chi connectivity index (χ3v) is 3.44. The maximum Gasteiger partial charge on any atom is 0.352 e. The standard InChI is InChI=1S/C12H17F2N3O2/c1-8(2)17-7-9(6-15-17)16-10(18)12(13,14)11(19)4-3-5-11/h6-8,19H,3-5H2,1-2H3,(H,16,18). The van der Waals surface area contributed by atoms with E-state index in [0.717, 1.165) is 0 Å². The Hall–Kier alpha value is -1.50. The quantitative estimate of drug-likeness (QED) is 0.881. The molecule has 1 aliphatic rings. The molecule has 0 bridgehead atoms. The fourth-order valence-corrected chi connectivity index (χ4v) is 1.93. The second kappa shape index (κ2) is 4.56. The highest BCUT2D eigenvalue weighted by molar-refractivity contribution is 5.97. The summed E-state index contributed by atoms with van der Waals surface area (Å²) in [5, 5.41) is 15.7. The minimum atomic E-state index is -3.79. The van der Waals surface area contributed by atoms with Crippen molar-refractivity contribution in [1.29, 1.82) is 0 Å². The van der Waals surface area contributed by atoms with Crippen molar-refractivity contribution >= 4 is 11.6 Å². The monoisotopic (exact) mass is 273 g/mol. The number of aromatic nitrogens is 2. The fourth-order valence-electron chi connectivity index (χ4n) is 1.93. The van der Waals surface area contributed by atoms with Crippen LogP contribution >= 0.6 is 0 Å². The van der Waals surface area contributed by atoms with Crippen LogP contribution in [0, 0.1) is 0 Å². The zero-order valence-corrected chi connectivity index (χ0v) is 10.9. The van der Waals surface area contributed by atoms with Gasteiger partial charge in [0.15, 0.2) is 0 Å². The van der Waals surface area contributed by atoms with E-state index in [9.17, 15) is 18.7 Å². The third-order valence-electron chi connectivity index (χ3n) is 3.44. The lowest BCUT2D eigenvalue weighted by molar-refractivity contribution is -0.212. The molecule has 0 atom stereocenters. The van der Waals surface area contributed by atoms with E-state index in [1.54, 1.807) is 4.68 Å². The Bertz CT molecular complexity index is 481. The van der Waals surface area contributed by atoms with Crippen LogP contribution in [0.3, 0.4) is 0 Å². The van der Waals surface area contributed by atoms with E-state index in [1.165, 1.54) is 12.4 Å². The maximum atomic E-state index is 13.8. The molecule has 1 aromatic heterocycles. The number of carbonyl (C=O) groups is 1. The molecule has 1 aliphatic carbocycles. The van der Waals surface area contributed by atoms with E-state index in [-0.39, 0.29) is 24.6 Å². The fraction of sp³-hybridized carbons (Fsp3) is 0.667. The first-order valence-electron chi connectivity index (χ1n) is 6.22. The van der Waals surface area contributed by atoms with Crippen molar-refractivity contribution in [2.75, 3.05) is 5.32 Å².